The van der Waals surface area contributed by atoms with Gasteiger partial charge in [-0.25, -0.2) is 0 Å². The highest BCUT2D eigenvalue weighted by molar-refractivity contribution is 4.82. The fraction of sp³-hybridized carbons (Fsp3) is 1.00. The molecule has 1 rings (SSSR count). The van der Waals surface area contributed by atoms with Crippen molar-refractivity contribution in [2.45, 2.75) is 63.7 Å². The molecule has 2 atom stereocenters. The van der Waals surface area contributed by atoms with E-state index in [2.05, 4.69) is 4.90 Å². The average Bonchev–Trinajstić information content (AvgIpc) is 2.14. The first-order valence-corrected chi connectivity index (χ1v) is 6.01. The number of aliphatic hydroxyl groups excluding tert-OH is 1. The second-order valence-electron chi connectivity index (χ2n) is 5.46. The van der Waals surface area contributed by atoms with E-state index in [1.807, 2.05) is 20.9 Å². The lowest BCUT2D eigenvalue weighted by atomic mass is 9.91. The van der Waals surface area contributed by atoms with E-state index in [-0.39, 0.29) is 6.10 Å². The largest absolute Gasteiger partial charge is 0.391 e. The number of hydrogen-bond acceptors (Lipinski definition) is 3. The third-order valence-corrected chi connectivity index (χ3v) is 3.34. The Balaban J connectivity index is 2.35. The third-order valence-electron chi connectivity index (χ3n) is 3.34. The van der Waals surface area contributed by atoms with E-state index in [0.717, 1.165) is 32.2 Å². The van der Waals surface area contributed by atoms with Crippen LogP contribution in [0.15, 0.2) is 0 Å². The maximum atomic E-state index is 9.86. The van der Waals surface area contributed by atoms with Gasteiger partial charge in [-0.05, 0) is 40.2 Å². The molecule has 0 bridgehead atoms. The first kappa shape index (κ1) is 12.9. The lowest BCUT2D eigenvalue weighted by molar-refractivity contribution is 0.0118. The molecule has 0 aromatic rings. The second-order valence-corrected chi connectivity index (χ2v) is 5.46. The van der Waals surface area contributed by atoms with Crippen molar-refractivity contribution in [3.05, 3.63) is 0 Å². The summed E-state index contributed by atoms with van der Waals surface area (Å²) in [6, 6.07) is 0.293. The number of hydrogen-bond donors (Lipinski definition) is 2. The normalized spacial score (nSPS) is 28.4. The van der Waals surface area contributed by atoms with Crippen LogP contribution in [0, 0.1) is 0 Å². The number of aliphatic hydroxyl groups is 2. The Hall–Kier alpha value is -0.120. The highest BCUT2D eigenvalue weighted by atomic mass is 16.3. The van der Waals surface area contributed by atoms with Crippen LogP contribution in [0.3, 0.4) is 0 Å². The van der Waals surface area contributed by atoms with Gasteiger partial charge in [0.1, 0.15) is 0 Å². The van der Waals surface area contributed by atoms with Crippen LogP contribution in [0.5, 0.6) is 0 Å². The SMILES string of the molecule is CN(CCC(C)(C)O)C1CCCCC1O. The first-order valence-electron chi connectivity index (χ1n) is 6.01. The average molecular weight is 215 g/mol. The highest BCUT2D eigenvalue weighted by Crippen LogP contribution is 2.23. The van der Waals surface area contributed by atoms with Crippen LogP contribution in [0.2, 0.25) is 0 Å². The quantitative estimate of drug-likeness (QED) is 0.744. The summed E-state index contributed by atoms with van der Waals surface area (Å²) in [6.07, 6.45) is 4.96. The van der Waals surface area contributed by atoms with E-state index in [1.165, 1.54) is 6.42 Å². The molecule has 90 valence electrons. The summed E-state index contributed by atoms with van der Waals surface area (Å²) in [4.78, 5) is 2.20. The lowest BCUT2D eigenvalue weighted by Crippen LogP contribution is -2.44. The van der Waals surface area contributed by atoms with Crippen molar-refractivity contribution < 1.29 is 10.2 Å². The summed E-state index contributed by atoms with van der Waals surface area (Å²) in [7, 11) is 2.05. The molecule has 2 unspecified atom stereocenters. The van der Waals surface area contributed by atoms with Gasteiger partial charge in [-0.3, -0.25) is 0 Å². The molecule has 3 heteroatoms. The van der Waals surface area contributed by atoms with Gasteiger partial charge in [-0.1, -0.05) is 12.8 Å². The maximum Gasteiger partial charge on any atom is 0.0695 e. The van der Waals surface area contributed by atoms with Crippen molar-refractivity contribution in [3.8, 4) is 0 Å². The summed E-state index contributed by atoms with van der Waals surface area (Å²) in [6.45, 7) is 4.52. The Morgan fingerprint density at radius 2 is 1.87 bits per heavy atom. The zero-order valence-electron chi connectivity index (χ0n) is 10.2. The predicted octanol–water partition coefficient (Wildman–Crippen LogP) is 1.38. The van der Waals surface area contributed by atoms with Crippen LogP contribution in [-0.2, 0) is 0 Å². The van der Waals surface area contributed by atoms with Gasteiger partial charge in [-0.2, -0.15) is 0 Å². The molecule has 0 aromatic heterocycles. The van der Waals surface area contributed by atoms with Crippen LogP contribution in [0.1, 0.15) is 46.0 Å². The summed E-state index contributed by atoms with van der Waals surface area (Å²) in [5.74, 6) is 0. The maximum absolute atomic E-state index is 9.86. The van der Waals surface area contributed by atoms with Crippen LogP contribution >= 0.6 is 0 Å². The van der Waals surface area contributed by atoms with Gasteiger partial charge >= 0.3 is 0 Å². The molecule has 0 saturated heterocycles. The topological polar surface area (TPSA) is 43.7 Å². The Kier molecular flexibility index (Phi) is 4.56. The molecular weight excluding hydrogens is 190 g/mol. The van der Waals surface area contributed by atoms with Gasteiger partial charge in [0.2, 0.25) is 0 Å². The molecule has 3 nitrogen and oxygen atoms in total. The van der Waals surface area contributed by atoms with Crippen molar-refractivity contribution in [2.24, 2.45) is 0 Å². The molecule has 0 spiro atoms. The van der Waals surface area contributed by atoms with Gasteiger partial charge in [-0.15, -0.1) is 0 Å². The minimum Gasteiger partial charge on any atom is -0.391 e. The molecule has 1 aliphatic rings. The minimum absolute atomic E-state index is 0.175. The van der Waals surface area contributed by atoms with E-state index in [0.29, 0.717) is 6.04 Å². The molecule has 2 N–H and O–H groups in total. The zero-order chi connectivity index (χ0) is 11.5. The second kappa shape index (κ2) is 5.28. The Labute approximate surface area is 93.1 Å². The van der Waals surface area contributed by atoms with E-state index in [1.54, 1.807) is 0 Å². The molecule has 15 heavy (non-hydrogen) atoms. The summed E-state index contributed by atoms with van der Waals surface area (Å²) in [5, 5.41) is 19.5. The van der Waals surface area contributed by atoms with Gasteiger partial charge in [0, 0.05) is 12.6 Å². The third kappa shape index (κ3) is 4.49. The van der Waals surface area contributed by atoms with Crippen molar-refractivity contribution in [1.29, 1.82) is 0 Å². The lowest BCUT2D eigenvalue weighted by Gasteiger charge is -2.36. The fourth-order valence-corrected chi connectivity index (χ4v) is 2.22. The smallest absolute Gasteiger partial charge is 0.0695 e. The fourth-order valence-electron chi connectivity index (χ4n) is 2.22. The number of nitrogens with zero attached hydrogens (tertiary/aromatic N) is 1. The van der Waals surface area contributed by atoms with Crippen LogP contribution in [-0.4, -0.2) is 46.5 Å². The number of likely N-dealkylation sites (N-methyl/N-ethyl adjacent to an activating group) is 1. The monoisotopic (exact) mass is 215 g/mol. The standard InChI is InChI=1S/C12H25NO2/c1-12(2,15)8-9-13(3)10-6-4-5-7-11(10)14/h10-11,14-15H,4-9H2,1-3H3. The van der Waals surface area contributed by atoms with Gasteiger partial charge in [0.05, 0.1) is 11.7 Å². The van der Waals surface area contributed by atoms with E-state index in [9.17, 15) is 10.2 Å². The predicted molar refractivity (Wildman–Crippen MR) is 61.8 cm³/mol. The van der Waals surface area contributed by atoms with E-state index >= 15 is 0 Å². The van der Waals surface area contributed by atoms with Gasteiger partial charge in [0.25, 0.3) is 0 Å². The van der Waals surface area contributed by atoms with Gasteiger partial charge in [0.15, 0.2) is 0 Å². The summed E-state index contributed by atoms with van der Waals surface area (Å²) >= 11 is 0. The van der Waals surface area contributed by atoms with Crippen LogP contribution in [0.4, 0.5) is 0 Å². The Morgan fingerprint density at radius 3 is 2.40 bits per heavy atom. The Bertz CT molecular complexity index is 189. The van der Waals surface area contributed by atoms with E-state index < -0.39 is 5.60 Å². The molecule has 0 radical (unpaired) electrons. The molecule has 1 fully saturated rings. The molecule has 0 amide bonds. The van der Waals surface area contributed by atoms with Crippen molar-refractivity contribution in [1.82, 2.24) is 4.90 Å². The zero-order valence-corrected chi connectivity index (χ0v) is 10.2. The van der Waals surface area contributed by atoms with Gasteiger partial charge < -0.3 is 15.1 Å². The number of rotatable bonds is 4. The van der Waals surface area contributed by atoms with Crippen LogP contribution in [0.25, 0.3) is 0 Å². The summed E-state index contributed by atoms with van der Waals surface area (Å²) < 4.78 is 0. The van der Waals surface area contributed by atoms with Crippen molar-refractivity contribution in [2.75, 3.05) is 13.6 Å². The van der Waals surface area contributed by atoms with Crippen molar-refractivity contribution >= 4 is 0 Å². The molecule has 1 aliphatic carbocycles. The molecular formula is C12H25NO2. The molecule has 0 aromatic carbocycles. The molecule has 0 aliphatic heterocycles. The molecule has 1 saturated carbocycles. The minimum atomic E-state index is -0.603. The summed E-state index contributed by atoms with van der Waals surface area (Å²) in [5.41, 5.74) is -0.603. The van der Waals surface area contributed by atoms with Crippen molar-refractivity contribution in [3.63, 3.8) is 0 Å². The highest BCUT2D eigenvalue weighted by Gasteiger charge is 2.27. The van der Waals surface area contributed by atoms with E-state index in [4.69, 9.17) is 0 Å². The Morgan fingerprint density at radius 1 is 1.27 bits per heavy atom. The molecule has 0 heterocycles. The first-order chi connectivity index (χ1) is 6.90. The van der Waals surface area contributed by atoms with Crippen LogP contribution < -0.4 is 0 Å².